The molecule has 0 atom stereocenters. The Kier molecular flexibility index (Phi) is 4.58. The van der Waals surface area contributed by atoms with Crippen LogP contribution in [0, 0.1) is 0 Å². The summed E-state index contributed by atoms with van der Waals surface area (Å²) in [4.78, 5) is 12.9. The molecule has 0 aliphatic heterocycles. The minimum atomic E-state index is -0.239. The molecule has 0 spiro atoms. The second-order valence-corrected chi connectivity index (χ2v) is 7.01. The number of rotatable bonds is 4. The highest BCUT2D eigenvalue weighted by Crippen LogP contribution is 2.31. The lowest BCUT2D eigenvalue weighted by Gasteiger charge is -2.10. The maximum Gasteiger partial charge on any atom is 0.276 e. The van der Waals surface area contributed by atoms with E-state index < -0.39 is 0 Å². The molecule has 0 saturated carbocycles. The second-order valence-electron chi connectivity index (χ2n) is 7.01. The summed E-state index contributed by atoms with van der Waals surface area (Å²) in [6, 6.07) is 35.6. The third-order valence-electron chi connectivity index (χ3n) is 5.04. The number of para-hydroxylation sites is 2. The number of fused-ring (bicyclic) bond motifs is 1. The van der Waals surface area contributed by atoms with E-state index in [1.54, 1.807) is 0 Å². The lowest BCUT2D eigenvalue weighted by atomic mass is 10.0. The molecule has 4 nitrogen and oxygen atoms in total. The summed E-state index contributed by atoms with van der Waals surface area (Å²) in [7, 11) is 0. The van der Waals surface area contributed by atoms with E-state index in [-0.39, 0.29) is 5.91 Å². The van der Waals surface area contributed by atoms with E-state index in [1.807, 2.05) is 89.6 Å². The third kappa shape index (κ3) is 3.35. The largest absolute Gasteiger partial charge is 0.321 e. The lowest BCUT2D eigenvalue weighted by Crippen LogP contribution is -2.13. The molecule has 0 unspecified atom stereocenters. The molecule has 0 radical (unpaired) electrons. The van der Waals surface area contributed by atoms with Crippen molar-refractivity contribution in [3.8, 4) is 16.9 Å². The molecule has 0 saturated heterocycles. The molecule has 1 aromatic heterocycles. The summed E-state index contributed by atoms with van der Waals surface area (Å²) in [5, 5.41) is 9.85. The Hall–Kier alpha value is -4.18. The molecule has 0 aliphatic rings. The van der Waals surface area contributed by atoms with Gasteiger partial charge in [0.1, 0.15) is 0 Å². The first-order valence-electron chi connectivity index (χ1n) is 9.80. The fourth-order valence-corrected chi connectivity index (χ4v) is 3.62. The van der Waals surface area contributed by atoms with Gasteiger partial charge in [-0.2, -0.15) is 5.10 Å². The zero-order valence-corrected chi connectivity index (χ0v) is 16.2. The van der Waals surface area contributed by atoms with E-state index in [0.717, 1.165) is 33.4 Å². The smallest absolute Gasteiger partial charge is 0.276 e. The van der Waals surface area contributed by atoms with E-state index >= 15 is 0 Å². The van der Waals surface area contributed by atoms with E-state index in [9.17, 15) is 4.79 Å². The first kappa shape index (κ1) is 17.9. The molecule has 5 rings (SSSR count). The maximum absolute atomic E-state index is 12.9. The molecule has 4 heteroatoms. The Balaban J connectivity index is 1.65. The van der Waals surface area contributed by atoms with Crippen LogP contribution in [0.15, 0.2) is 109 Å². The van der Waals surface area contributed by atoms with Gasteiger partial charge >= 0.3 is 0 Å². The van der Waals surface area contributed by atoms with Gasteiger partial charge in [0, 0.05) is 11.3 Å². The van der Waals surface area contributed by atoms with Crippen LogP contribution in [0.4, 0.5) is 5.69 Å². The van der Waals surface area contributed by atoms with Gasteiger partial charge in [-0.1, -0.05) is 78.9 Å². The standard InChI is InChI=1S/C26H19N3O/c30-26(27-20-12-3-1-4-13-20)24-18-25(29(28-24)21-14-5-2-6-15-21)23-17-9-11-19-10-7-8-16-22(19)23/h1-18H,(H,27,30). The molecule has 0 fully saturated rings. The quantitative estimate of drug-likeness (QED) is 0.413. The summed E-state index contributed by atoms with van der Waals surface area (Å²) in [5.74, 6) is -0.239. The van der Waals surface area contributed by atoms with Gasteiger partial charge in [0.05, 0.1) is 11.4 Å². The Morgan fingerprint density at radius 3 is 2.20 bits per heavy atom. The molecule has 1 N–H and O–H groups in total. The summed E-state index contributed by atoms with van der Waals surface area (Å²) in [6.07, 6.45) is 0. The van der Waals surface area contributed by atoms with Gasteiger partial charge in [-0.25, -0.2) is 4.68 Å². The van der Waals surface area contributed by atoms with Crippen molar-refractivity contribution in [2.45, 2.75) is 0 Å². The van der Waals surface area contributed by atoms with E-state index in [1.165, 1.54) is 0 Å². The zero-order valence-electron chi connectivity index (χ0n) is 16.2. The van der Waals surface area contributed by atoms with Crippen molar-refractivity contribution in [1.82, 2.24) is 9.78 Å². The van der Waals surface area contributed by atoms with Crippen LogP contribution in [-0.4, -0.2) is 15.7 Å². The van der Waals surface area contributed by atoms with Gasteiger partial charge in [0.25, 0.3) is 5.91 Å². The number of hydrogen-bond acceptors (Lipinski definition) is 2. The lowest BCUT2D eigenvalue weighted by molar-refractivity contribution is 0.102. The number of carbonyl (C=O) groups excluding carboxylic acids is 1. The van der Waals surface area contributed by atoms with Crippen molar-refractivity contribution in [2.75, 3.05) is 5.32 Å². The van der Waals surface area contributed by atoms with Crippen LogP contribution in [0.1, 0.15) is 10.5 Å². The van der Waals surface area contributed by atoms with E-state index in [0.29, 0.717) is 5.69 Å². The van der Waals surface area contributed by atoms with Crippen LogP contribution in [0.2, 0.25) is 0 Å². The summed E-state index contributed by atoms with van der Waals surface area (Å²) in [5.41, 5.74) is 3.91. The predicted molar refractivity (Wildman–Crippen MR) is 121 cm³/mol. The van der Waals surface area contributed by atoms with Gasteiger partial charge in [-0.3, -0.25) is 4.79 Å². The van der Waals surface area contributed by atoms with Gasteiger partial charge < -0.3 is 5.32 Å². The van der Waals surface area contributed by atoms with Crippen LogP contribution in [0.5, 0.6) is 0 Å². The molecule has 0 bridgehead atoms. The first-order chi connectivity index (χ1) is 14.8. The van der Waals surface area contributed by atoms with Crippen molar-refractivity contribution in [3.05, 3.63) is 115 Å². The zero-order chi connectivity index (χ0) is 20.3. The molecule has 144 valence electrons. The molecule has 1 amide bonds. The fraction of sp³-hybridized carbons (Fsp3) is 0. The van der Waals surface area contributed by atoms with Crippen molar-refractivity contribution >= 4 is 22.4 Å². The molecule has 1 heterocycles. The van der Waals surface area contributed by atoms with E-state index in [2.05, 4.69) is 34.7 Å². The van der Waals surface area contributed by atoms with E-state index in [4.69, 9.17) is 0 Å². The number of benzene rings is 4. The number of nitrogens with zero attached hydrogens (tertiary/aromatic N) is 2. The van der Waals surface area contributed by atoms with Crippen LogP contribution in [-0.2, 0) is 0 Å². The number of nitrogens with one attached hydrogen (secondary N) is 1. The SMILES string of the molecule is O=C(Nc1ccccc1)c1cc(-c2cccc3ccccc23)n(-c2ccccc2)n1. The highest BCUT2D eigenvalue weighted by atomic mass is 16.1. The van der Waals surface area contributed by atoms with Gasteiger partial charge in [0.15, 0.2) is 5.69 Å². The molecular weight excluding hydrogens is 370 g/mol. The molecule has 5 aromatic rings. The summed E-state index contributed by atoms with van der Waals surface area (Å²) >= 11 is 0. The molecule has 4 aromatic carbocycles. The second kappa shape index (κ2) is 7.68. The minimum Gasteiger partial charge on any atom is -0.321 e. The maximum atomic E-state index is 12.9. The monoisotopic (exact) mass is 389 g/mol. The van der Waals surface area contributed by atoms with Crippen LogP contribution < -0.4 is 5.32 Å². The highest BCUT2D eigenvalue weighted by Gasteiger charge is 2.18. The summed E-state index contributed by atoms with van der Waals surface area (Å²) < 4.78 is 1.84. The van der Waals surface area contributed by atoms with Gasteiger partial charge in [0.2, 0.25) is 0 Å². The predicted octanol–water partition coefficient (Wildman–Crippen LogP) is 5.94. The topological polar surface area (TPSA) is 46.9 Å². The number of amides is 1. The van der Waals surface area contributed by atoms with Crippen molar-refractivity contribution in [3.63, 3.8) is 0 Å². The van der Waals surface area contributed by atoms with Crippen LogP contribution >= 0.6 is 0 Å². The van der Waals surface area contributed by atoms with Crippen LogP contribution in [0.25, 0.3) is 27.7 Å². The van der Waals surface area contributed by atoms with Gasteiger partial charge in [-0.15, -0.1) is 0 Å². The van der Waals surface area contributed by atoms with Crippen molar-refractivity contribution in [2.24, 2.45) is 0 Å². The Morgan fingerprint density at radius 2 is 1.40 bits per heavy atom. The average molecular weight is 389 g/mol. The Bertz CT molecular complexity index is 1320. The van der Waals surface area contributed by atoms with Gasteiger partial charge in [-0.05, 0) is 41.1 Å². The number of anilines is 1. The fourth-order valence-electron chi connectivity index (χ4n) is 3.62. The van der Waals surface area contributed by atoms with Crippen LogP contribution in [0.3, 0.4) is 0 Å². The third-order valence-corrected chi connectivity index (χ3v) is 5.04. The number of carbonyl (C=O) groups is 1. The molecule has 30 heavy (non-hydrogen) atoms. The summed E-state index contributed by atoms with van der Waals surface area (Å²) in [6.45, 7) is 0. The highest BCUT2D eigenvalue weighted by molar-refractivity contribution is 6.04. The first-order valence-corrected chi connectivity index (χ1v) is 9.80. The number of aromatic nitrogens is 2. The average Bonchev–Trinajstić information content (AvgIpc) is 3.25. The molecular formula is C26H19N3O. The molecule has 0 aliphatic carbocycles. The number of hydrogen-bond donors (Lipinski definition) is 1. The Morgan fingerprint density at radius 1 is 0.733 bits per heavy atom. The van der Waals surface area contributed by atoms with Crippen molar-refractivity contribution in [1.29, 1.82) is 0 Å². The Labute approximate surface area is 174 Å². The van der Waals surface area contributed by atoms with Crippen molar-refractivity contribution < 1.29 is 4.79 Å². The normalized spacial score (nSPS) is 10.8. The minimum absolute atomic E-state index is 0.239.